The lowest BCUT2D eigenvalue weighted by atomic mass is 9.99. The summed E-state index contributed by atoms with van der Waals surface area (Å²) >= 11 is 0. The molecule has 100 valence electrons. The molecule has 3 atom stereocenters. The summed E-state index contributed by atoms with van der Waals surface area (Å²) < 4.78 is 5.68. The fourth-order valence-electron chi connectivity index (χ4n) is 3.38. The van der Waals surface area contributed by atoms with Crippen molar-refractivity contribution in [1.29, 1.82) is 0 Å². The Kier molecular flexibility index (Phi) is 5.26. The number of hydrogen-bond donors (Lipinski definition) is 1. The lowest BCUT2D eigenvalue weighted by Crippen LogP contribution is -2.34. The fourth-order valence-corrected chi connectivity index (χ4v) is 3.38. The Hall–Kier alpha value is -0.120. The van der Waals surface area contributed by atoms with E-state index in [1.54, 1.807) is 0 Å². The van der Waals surface area contributed by atoms with E-state index in [2.05, 4.69) is 24.3 Å². The highest BCUT2D eigenvalue weighted by Crippen LogP contribution is 2.28. The Morgan fingerprint density at radius 2 is 2.12 bits per heavy atom. The molecule has 0 aromatic rings. The predicted molar refractivity (Wildman–Crippen MR) is 71.3 cm³/mol. The van der Waals surface area contributed by atoms with Crippen LogP contribution >= 0.6 is 0 Å². The van der Waals surface area contributed by atoms with Gasteiger partial charge in [0.2, 0.25) is 0 Å². The van der Waals surface area contributed by atoms with E-state index in [4.69, 9.17) is 4.74 Å². The van der Waals surface area contributed by atoms with E-state index in [0.717, 1.165) is 25.1 Å². The normalized spacial score (nSPS) is 33.7. The first kappa shape index (κ1) is 13.3. The maximum absolute atomic E-state index is 5.68. The third-order valence-electron chi connectivity index (χ3n) is 4.45. The van der Waals surface area contributed by atoms with Crippen molar-refractivity contribution in [2.24, 2.45) is 5.92 Å². The lowest BCUT2D eigenvalue weighted by Gasteiger charge is -2.24. The van der Waals surface area contributed by atoms with Gasteiger partial charge in [0.05, 0.1) is 6.10 Å². The van der Waals surface area contributed by atoms with Crippen LogP contribution in [0.3, 0.4) is 0 Å². The lowest BCUT2D eigenvalue weighted by molar-refractivity contribution is 0.0793. The molecule has 0 spiro atoms. The third kappa shape index (κ3) is 3.94. The first-order valence-corrected chi connectivity index (χ1v) is 7.27. The maximum Gasteiger partial charge on any atom is 0.0702 e. The van der Waals surface area contributed by atoms with Crippen molar-refractivity contribution in [3.8, 4) is 0 Å². The van der Waals surface area contributed by atoms with Crippen molar-refractivity contribution in [3.05, 3.63) is 0 Å². The first-order chi connectivity index (χ1) is 8.29. The molecular weight excluding hydrogens is 212 g/mol. The number of likely N-dealkylation sites (N-methyl/N-ethyl adjacent to an activating group) is 1. The summed E-state index contributed by atoms with van der Waals surface area (Å²) in [5.41, 5.74) is 0. The minimum Gasteiger partial charge on any atom is -0.377 e. The summed E-state index contributed by atoms with van der Waals surface area (Å²) in [5, 5.41) is 3.47. The minimum atomic E-state index is 0.503. The zero-order valence-corrected chi connectivity index (χ0v) is 11.5. The van der Waals surface area contributed by atoms with Crippen LogP contribution in [0.2, 0.25) is 0 Å². The standard InChI is InChI=1S/C14H28N2O/c1-15-14-7-3-5-12(14)8-9-16(2)11-13-6-4-10-17-13/h12-15H,3-11H2,1-2H3. The average Bonchev–Trinajstić information content (AvgIpc) is 2.96. The monoisotopic (exact) mass is 240 g/mol. The second kappa shape index (κ2) is 6.72. The Morgan fingerprint density at radius 1 is 1.24 bits per heavy atom. The van der Waals surface area contributed by atoms with Gasteiger partial charge in [-0.25, -0.2) is 0 Å². The van der Waals surface area contributed by atoms with Gasteiger partial charge in [-0.3, -0.25) is 0 Å². The van der Waals surface area contributed by atoms with Crippen LogP contribution < -0.4 is 5.32 Å². The van der Waals surface area contributed by atoms with Gasteiger partial charge in [0.1, 0.15) is 0 Å². The summed E-state index contributed by atoms with van der Waals surface area (Å²) in [5.74, 6) is 0.895. The van der Waals surface area contributed by atoms with Crippen molar-refractivity contribution in [1.82, 2.24) is 10.2 Å². The number of rotatable bonds is 6. The van der Waals surface area contributed by atoms with E-state index in [1.807, 2.05) is 0 Å². The van der Waals surface area contributed by atoms with Gasteiger partial charge in [0.15, 0.2) is 0 Å². The molecule has 3 unspecified atom stereocenters. The largest absolute Gasteiger partial charge is 0.377 e. The highest BCUT2D eigenvalue weighted by atomic mass is 16.5. The highest BCUT2D eigenvalue weighted by Gasteiger charge is 2.26. The molecule has 0 amide bonds. The molecule has 3 nitrogen and oxygen atoms in total. The molecule has 1 saturated heterocycles. The van der Waals surface area contributed by atoms with Gasteiger partial charge >= 0.3 is 0 Å². The number of nitrogens with zero attached hydrogens (tertiary/aromatic N) is 1. The quantitative estimate of drug-likeness (QED) is 0.767. The van der Waals surface area contributed by atoms with Crippen LogP contribution in [0.4, 0.5) is 0 Å². The molecule has 1 aliphatic heterocycles. The van der Waals surface area contributed by atoms with Gasteiger partial charge in [-0.15, -0.1) is 0 Å². The number of nitrogens with one attached hydrogen (secondary N) is 1. The van der Waals surface area contributed by atoms with E-state index in [9.17, 15) is 0 Å². The van der Waals surface area contributed by atoms with Crippen molar-refractivity contribution in [2.75, 3.05) is 33.8 Å². The van der Waals surface area contributed by atoms with Gasteiger partial charge in [-0.1, -0.05) is 6.42 Å². The molecule has 0 radical (unpaired) electrons. The molecule has 0 bridgehead atoms. The molecular formula is C14H28N2O. The van der Waals surface area contributed by atoms with Crippen molar-refractivity contribution in [3.63, 3.8) is 0 Å². The van der Waals surface area contributed by atoms with Crippen LogP contribution in [0.5, 0.6) is 0 Å². The van der Waals surface area contributed by atoms with Crippen molar-refractivity contribution >= 4 is 0 Å². The summed E-state index contributed by atoms with van der Waals surface area (Å²) in [4.78, 5) is 2.46. The van der Waals surface area contributed by atoms with Crippen LogP contribution in [0.25, 0.3) is 0 Å². The van der Waals surface area contributed by atoms with Gasteiger partial charge in [0.25, 0.3) is 0 Å². The Balaban J connectivity index is 1.63. The molecule has 0 aromatic carbocycles. The van der Waals surface area contributed by atoms with Gasteiger partial charge in [0, 0.05) is 19.2 Å². The van der Waals surface area contributed by atoms with Crippen LogP contribution in [-0.4, -0.2) is 50.8 Å². The fraction of sp³-hybridized carbons (Fsp3) is 1.00. The molecule has 3 heteroatoms. The zero-order valence-electron chi connectivity index (χ0n) is 11.5. The van der Waals surface area contributed by atoms with Gasteiger partial charge in [-0.05, 0) is 58.7 Å². The third-order valence-corrected chi connectivity index (χ3v) is 4.45. The molecule has 1 N–H and O–H groups in total. The van der Waals surface area contributed by atoms with E-state index >= 15 is 0 Å². The summed E-state index contributed by atoms with van der Waals surface area (Å²) in [6.45, 7) is 3.32. The summed E-state index contributed by atoms with van der Waals surface area (Å²) in [6.07, 6.45) is 8.55. The molecule has 2 fully saturated rings. The average molecular weight is 240 g/mol. The second-order valence-corrected chi connectivity index (χ2v) is 5.77. The van der Waals surface area contributed by atoms with E-state index in [-0.39, 0.29) is 0 Å². The smallest absolute Gasteiger partial charge is 0.0702 e. The molecule has 17 heavy (non-hydrogen) atoms. The molecule has 1 saturated carbocycles. The number of ether oxygens (including phenoxy) is 1. The minimum absolute atomic E-state index is 0.503. The summed E-state index contributed by atoms with van der Waals surface area (Å²) in [6, 6.07) is 0.770. The highest BCUT2D eigenvalue weighted by molar-refractivity contribution is 4.82. The van der Waals surface area contributed by atoms with E-state index in [0.29, 0.717) is 6.10 Å². The Bertz CT molecular complexity index is 216. The zero-order chi connectivity index (χ0) is 12.1. The molecule has 1 aliphatic carbocycles. The summed E-state index contributed by atoms with van der Waals surface area (Å²) in [7, 11) is 4.35. The van der Waals surface area contributed by atoms with Gasteiger partial charge in [-0.2, -0.15) is 0 Å². The SMILES string of the molecule is CNC1CCCC1CCN(C)CC1CCCO1. The van der Waals surface area contributed by atoms with Crippen LogP contribution in [0.1, 0.15) is 38.5 Å². The van der Waals surface area contributed by atoms with Crippen LogP contribution in [0, 0.1) is 5.92 Å². The Morgan fingerprint density at radius 3 is 2.82 bits per heavy atom. The maximum atomic E-state index is 5.68. The van der Waals surface area contributed by atoms with Crippen LogP contribution in [0.15, 0.2) is 0 Å². The number of hydrogen-bond acceptors (Lipinski definition) is 3. The molecule has 1 heterocycles. The van der Waals surface area contributed by atoms with E-state index in [1.165, 1.54) is 45.1 Å². The van der Waals surface area contributed by atoms with Crippen molar-refractivity contribution in [2.45, 2.75) is 50.7 Å². The molecule has 2 aliphatic rings. The van der Waals surface area contributed by atoms with Gasteiger partial charge < -0.3 is 15.0 Å². The molecule has 0 aromatic heterocycles. The topological polar surface area (TPSA) is 24.5 Å². The first-order valence-electron chi connectivity index (χ1n) is 7.27. The second-order valence-electron chi connectivity index (χ2n) is 5.77. The molecule has 2 rings (SSSR count). The predicted octanol–water partition coefficient (Wildman–Crippen LogP) is 1.88. The Labute approximate surface area is 106 Å². The van der Waals surface area contributed by atoms with Crippen molar-refractivity contribution < 1.29 is 4.74 Å². The van der Waals surface area contributed by atoms with Crippen LogP contribution in [-0.2, 0) is 4.74 Å². The van der Waals surface area contributed by atoms with E-state index < -0.39 is 0 Å².